The Morgan fingerprint density at radius 3 is 2.48 bits per heavy atom. The van der Waals surface area contributed by atoms with Crippen molar-refractivity contribution in [2.24, 2.45) is 0 Å². The second-order valence-corrected chi connectivity index (χ2v) is 7.45. The Labute approximate surface area is 143 Å². The number of ether oxygens (including phenoxy) is 2. The van der Waals surface area contributed by atoms with Gasteiger partial charge in [-0.05, 0) is 40.0 Å². The number of amides is 1. The molecule has 1 amide bonds. The Kier molecular flexibility index (Phi) is 7.19. The summed E-state index contributed by atoms with van der Waals surface area (Å²) in [5, 5.41) is 0.464. The Morgan fingerprint density at radius 1 is 1.30 bits per heavy atom. The average molecular weight is 404 g/mol. The largest absolute Gasteiger partial charge is 0.444 e. The normalized spacial score (nSPS) is 23.0. The number of halogens is 4. The summed E-state index contributed by atoms with van der Waals surface area (Å²) in [5.74, 6) is 0. The number of alkyl halides is 4. The number of piperidine rings is 1. The Balaban J connectivity index is 2.55. The van der Waals surface area contributed by atoms with E-state index in [0.717, 1.165) is 6.42 Å². The number of nitrogens with zero attached hydrogens (tertiary/aromatic N) is 1. The lowest BCUT2D eigenvalue weighted by Gasteiger charge is -2.42. The van der Waals surface area contributed by atoms with Crippen molar-refractivity contribution < 1.29 is 27.4 Å². The van der Waals surface area contributed by atoms with Gasteiger partial charge < -0.3 is 14.4 Å². The molecule has 1 aliphatic rings. The van der Waals surface area contributed by atoms with E-state index in [9.17, 15) is 18.0 Å². The maximum Gasteiger partial charge on any atom is 0.410 e. The molecule has 1 saturated heterocycles. The molecule has 23 heavy (non-hydrogen) atoms. The highest BCUT2D eigenvalue weighted by atomic mass is 79.9. The van der Waals surface area contributed by atoms with E-state index in [0.29, 0.717) is 24.8 Å². The molecule has 8 heteroatoms. The predicted octanol–water partition coefficient (Wildman–Crippen LogP) is 4.51. The maximum atomic E-state index is 12.2. The van der Waals surface area contributed by atoms with Gasteiger partial charge in [0.2, 0.25) is 0 Å². The van der Waals surface area contributed by atoms with Crippen molar-refractivity contribution in [1.82, 2.24) is 4.90 Å². The smallest absolute Gasteiger partial charge is 0.410 e. The first-order valence-corrected chi connectivity index (χ1v) is 8.83. The molecule has 4 nitrogen and oxygen atoms in total. The van der Waals surface area contributed by atoms with Gasteiger partial charge in [-0.2, -0.15) is 13.2 Å². The standard InChI is InChI=1S/C15H25BrF3NO3/c1-13(2,3)23-12(21)20-8-4-6-14(10-16,11-20)22-9-5-7-15(17,18)19/h4-11H2,1-3H3. The zero-order valence-corrected chi connectivity index (χ0v) is 15.4. The van der Waals surface area contributed by atoms with Gasteiger partial charge in [0.05, 0.1) is 12.1 Å². The topological polar surface area (TPSA) is 38.8 Å². The predicted molar refractivity (Wildman–Crippen MR) is 84.8 cm³/mol. The zero-order valence-electron chi connectivity index (χ0n) is 13.8. The third-order valence-corrected chi connectivity index (χ3v) is 4.47. The van der Waals surface area contributed by atoms with Gasteiger partial charge in [-0.1, -0.05) is 15.9 Å². The molecule has 1 atom stereocenters. The van der Waals surface area contributed by atoms with E-state index in [2.05, 4.69) is 15.9 Å². The first-order chi connectivity index (χ1) is 10.5. The molecule has 0 N–H and O–H groups in total. The van der Waals surface area contributed by atoms with Crippen LogP contribution in [0.15, 0.2) is 0 Å². The molecule has 0 aromatic heterocycles. The number of rotatable bonds is 5. The molecule has 136 valence electrons. The molecule has 0 aliphatic carbocycles. The number of carbonyl (C=O) groups is 1. The van der Waals surface area contributed by atoms with E-state index in [4.69, 9.17) is 9.47 Å². The maximum absolute atomic E-state index is 12.2. The monoisotopic (exact) mass is 403 g/mol. The Bertz CT molecular complexity index is 398. The van der Waals surface area contributed by atoms with Crippen LogP contribution in [0.1, 0.15) is 46.5 Å². The fraction of sp³-hybridized carbons (Fsp3) is 0.933. The molecule has 0 spiro atoms. The highest BCUT2D eigenvalue weighted by Gasteiger charge is 2.39. The molecule has 0 aromatic rings. The SMILES string of the molecule is CC(C)(C)OC(=O)N1CCCC(CBr)(OCCCC(F)(F)F)C1. The summed E-state index contributed by atoms with van der Waals surface area (Å²) >= 11 is 3.37. The first-order valence-electron chi connectivity index (χ1n) is 7.71. The van der Waals surface area contributed by atoms with Crippen LogP contribution in [0, 0.1) is 0 Å². The van der Waals surface area contributed by atoms with E-state index < -0.39 is 29.9 Å². The van der Waals surface area contributed by atoms with Crippen LogP contribution in [0.4, 0.5) is 18.0 Å². The third-order valence-electron chi connectivity index (χ3n) is 3.45. The van der Waals surface area contributed by atoms with Crippen molar-refractivity contribution in [3.05, 3.63) is 0 Å². The van der Waals surface area contributed by atoms with Crippen LogP contribution in [-0.2, 0) is 9.47 Å². The summed E-state index contributed by atoms with van der Waals surface area (Å²) < 4.78 is 47.7. The molecular weight excluding hydrogens is 379 g/mol. The van der Waals surface area contributed by atoms with Crippen LogP contribution < -0.4 is 0 Å². The minimum Gasteiger partial charge on any atom is -0.444 e. The molecular formula is C15H25BrF3NO3. The number of carbonyl (C=O) groups excluding carboxylic acids is 1. The lowest BCUT2D eigenvalue weighted by Crippen LogP contribution is -2.54. The summed E-state index contributed by atoms with van der Waals surface area (Å²) in [6.45, 7) is 6.28. The van der Waals surface area contributed by atoms with Gasteiger partial charge in [0.25, 0.3) is 0 Å². The van der Waals surface area contributed by atoms with E-state index >= 15 is 0 Å². The molecule has 0 saturated carbocycles. The van der Waals surface area contributed by atoms with E-state index in [-0.39, 0.29) is 13.0 Å². The van der Waals surface area contributed by atoms with E-state index in [1.165, 1.54) is 0 Å². The summed E-state index contributed by atoms with van der Waals surface area (Å²) in [5.41, 5.74) is -1.24. The van der Waals surface area contributed by atoms with Crippen molar-refractivity contribution >= 4 is 22.0 Å². The van der Waals surface area contributed by atoms with Crippen LogP contribution in [-0.4, -0.2) is 53.4 Å². The molecule has 0 aromatic carbocycles. The number of likely N-dealkylation sites (tertiary alicyclic amines) is 1. The second-order valence-electron chi connectivity index (χ2n) is 6.89. The zero-order chi connectivity index (χ0) is 17.7. The summed E-state index contributed by atoms with van der Waals surface area (Å²) in [7, 11) is 0. The molecule has 1 rings (SSSR count). The van der Waals surface area contributed by atoms with Gasteiger partial charge in [-0.15, -0.1) is 0 Å². The van der Waals surface area contributed by atoms with Gasteiger partial charge in [0.1, 0.15) is 5.60 Å². The van der Waals surface area contributed by atoms with Crippen molar-refractivity contribution in [3.63, 3.8) is 0 Å². The average Bonchev–Trinajstić information content (AvgIpc) is 2.41. The lowest BCUT2D eigenvalue weighted by atomic mass is 9.95. The van der Waals surface area contributed by atoms with Gasteiger partial charge in [-0.25, -0.2) is 4.79 Å². The van der Waals surface area contributed by atoms with Crippen LogP contribution in [0.2, 0.25) is 0 Å². The van der Waals surface area contributed by atoms with Crippen LogP contribution in [0.25, 0.3) is 0 Å². The van der Waals surface area contributed by atoms with Crippen molar-refractivity contribution in [3.8, 4) is 0 Å². The van der Waals surface area contributed by atoms with Crippen LogP contribution in [0.3, 0.4) is 0 Å². The van der Waals surface area contributed by atoms with Crippen molar-refractivity contribution in [1.29, 1.82) is 0 Å². The molecule has 0 radical (unpaired) electrons. The minimum atomic E-state index is -4.17. The first kappa shape index (κ1) is 20.5. The molecule has 1 fully saturated rings. The molecule has 1 heterocycles. The summed E-state index contributed by atoms with van der Waals surface area (Å²) in [6, 6.07) is 0. The van der Waals surface area contributed by atoms with Crippen LogP contribution in [0.5, 0.6) is 0 Å². The number of hydrogen-bond donors (Lipinski definition) is 0. The van der Waals surface area contributed by atoms with E-state index in [1.807, 2.05) is 0 Å². The molecule has 0 bridgehead atoms. The van der Waals surface area contributed by atoms with Gasteiger partial charge in [0.15, 0.2) is 0 Å². The minimum absolute atomic E-state index is 0.0211. The highest BCUT2D eigenvalue weighted by molar-refractivity contribution is 9.09. The summed E-state index contributed by atoms with van der Waals surface area (Å²) in [4.78, 5) is 13.7. The van der Waals surface area contributed by atoms with Crippen molar-refractivity contribution in [2.45, 2.75) is 63.8 Å². The van der Waals surface area contributed by atoms with Crippen LogP contribution >= 0.6 is 15.9 Å². The summed E-state index contributed by atoms with van der Waals surface area (Å²) in [6.07, 6.45) is -4.10. The van der Waals surface area contributed by atoms with E-state index in [1.54, 1.807) is 25.7 Å². The Morgan fingerprint density at radius 2 is 1.96 bits per heavy atom. The highest BCUT2D eigenvalue weighted by Crippen LogP contribution is 2.29. The third kappa shape index (κ3) is 7.74. The Hall–Kier alpha value is -0.500. The quantitative estimate of drug-likeness (QED) is 0.500. The number of hydrogen-bond acceptors (Lipinski definition) is 3. The molecule has 1 unspecified atom stereocenters. The fourth-order valence-corrected chi connectivity index (χ4v) is 3.03. The van der Waals surface area contributed by atoms with Crippen molar-refractivity contribution in [2.75, 3.05) is 25.0 Å². The fourth-order valence-electron chi connectivity index (χ4n) is 2.41. The second kappa shape index (κ2) is 8.05. The van der Waals surface area contributed by atoms with Gasteiger partial charge in [0, 0.05) is 24.9 Å². The van der Waals surface area contributed by atoms with Gasteiger partial charge >= 0.3 is 12.3 Å². The molecule has 1 aliphatic heterocycles. The lowest BCUT2D eigenvalue weighted by molar-refractivity contribution is -0.143. The van der Waals surface area contributed by atoms with Gasteiger partial charge in [-0.3, -0.25) is 0 Å².